The monoisotopic (exact) mass is 365 g/mol. The van der Waals surface area contributed by atoms with Gasteiger partial charge in [-0.15, -0.1) is 11.3 Å². The van der Waals surface area contributed by atoms with Crippen molar-refractivity contribution in [1.29, 1.82) is 0 Å². The molecule has 1 unspecified atom stereocenters. The molecule has 0 spiro atoms. The normalized spacial score (nSPS) is 15.7. The Morgan fingerprint density at radius 1 is 1.28 bits per heavy atom. The molecule has 2 heterocycles. The van der Waals surface area contributed by atoms with Gasteiger partial charge in [0.05, 0.1) is 31.2 Å². The van der Waals surface area contributed by atoms with E-state index < -0.39 is 6.10 Å². The van der Waals surface area contributed by atoms with E-state index in [1.165, 1.54) is 11.3 Å². The zero-order valence-electron chi connectivity index (χ0n) is 15.0. The molecular weight excluding hydrogens is 338 g/mol. The van der Waals surface area contributed by atoms with Crippen molar-refractivity contribution in [3.63, 3.8) is 0 Å². The molecule has 1 atom stereocenters. The summed E-state index contributed by atoms with van der Waals surface area (Å²) in [5.74, 6) is 0.673. The maximum Gasteiger partial charge on any atom is 0.262 e. The number of hydrogen-bond acceptors (Lipinski definition) is 6. The van der Waals surface area contributed by atoms with E-state index in [9.17, 15) is 15.0 Å². The third kappa shape index (κ3) is 3.65. The molecule has 0 radical (unpaired) electrons. The summed E-state index contributed by atoms with van der Waals surface area (Å²) in [7, 11) is 0. The number of hydrogen-bond donors (Lipinski definition) is 2. The fraction of sp³-hybridized carbons (Fsp3) is 0.667. The fourth-order valence-electron chi connectivity index (χ4n) is 3.51. The van der Waals surface area contributed by atoms with Crippen LogP contribution in [0.1, 0.15) is 43.0 Å². The first-order valence-electron chi connectivity index (χ1n) is 9.14. The number of thiophene rings is 1. The summed E-state index contributed by atoms with van der Waals surface area (Å²) in [6, 6.07) is 0. The van der Waals surface area contributed by atoms with Crippen LogP contribution in [0.2, 0.25) is 0 Å². The van der Waals surface area contributed by atoms with Gasteiger partial charge in [0.2, 0.25) is 0 Å². The standard InChI is InChI=1S/C18H27N3O3S/c1-3-20(4-2)10-15-19-17-16(13-7-5-6-8-14(13)25-17)18(24)21(15)9-12(23)11-22/h12,22-23H,3-11H2,1-2H3. The van der Waals surface area contributed by atoms with Crippen molar-refractivity contribution >= 4 is 21.6 Å². The van der Waals surface area contributed by atoms with E-state index in [1.54, 1.807) is 15.9 Å². The molecule has 2 aromatic heterocycles. The molecule has 0 aromatic carbocycles. The van der Waals surface area contributed by atoms with Crippen molar-refractivity contribution in [3.05, 3.63) is 26.6 Å². The van der Waals surface area contributed by atoms with Crippen LogP contribution in [0.4, 0.5) is 0 Å². The highest BCUT2D eigenvalue weighted by molar-refractivity contribution is 7.18. The molecule has 0 bridgehead atoms. The summed E-state index contributed by atoms with van der Waals surface area (Å²) in [6.07, 6.45) is 3.29. The van der Waals surface area contributed by atoms with E-state index >= 15 is 0 Å². The van der Waals surface area contributed by atoms with Gasteiger partial charge < -0.3 is 10.2 Å². The van der Waals surface area contributed by atoms with Crippen molar-refractivity contribution in [3.8, 4) is 0 Å². The minimum absolute atomic E-state index is 0.0703. The third-order valence-electron chi connectivity index (χ3n) is 5.02. The smallest absolute Gasteiger partial charge is 0.262 e. The molecule has 1 aliphatic rings. The fourth-order valence-corrected chi connectivity index (χ4v) is 4.78. The molecule has 7 heteroatoms. The summed E-state index contributed by atoms with van der Waals surface area (Å²) >= 11 is 1.65. The molecule has 6 nitrogen and oxygen atoms in total. The second-order valence-electron chi connectivity index (χ2n) is 6.63. The van der Waals surface area contributed by atoms with Crippen LogP contribution in [0.15, 0.2) is 4.79 Å². The quantitative estimate of drug-likeness (QED) is 0.778. The molecule has 0 amide bonds. The van der Waals surface area contributed by atoms with Crippen LogP contribution < -0.4 is 5.56 Å². The Morgan fingerprint density at radius 2 is 2.00 bits per heavy atom. The first-order valence-corrected chi connectivity index (χ1v) is 9.95. The number of aliphatic hydroxyl groups is 2. The lowest BCUT2D eigenvalue weighted by molar-refractivity contribution is 0.0787. The summed E-state index contributed by atoms with van der Waals surface area (Å²) < 4.78 is 1.57. The maximum atomic E-state index is 13.2. The Balaban J connectivity index is 2.15. The molecule has 2 aromatic rings. The number of fused-ring (bicyclic) bond motifs is 3. The van der Waals surface area contributed by atoms with Crippen LogP contribution in [-0.2, 0) is 25.9 Å². The van der Waals surface area contributed by atoms with Crippen LogP contribution in [0, 0.1) is 0 Å². The molecule has 2 N–H and O–H groups in total. The van der Waals surface area contributed by atoms with Crippen molar-refractivity contribution < 1.29 is 10.2 Å². The average molecular weight is 365 g/mol. The van der Waals surface area contributed by atoms with Crippen molar-refractivity contribution in [2.45, 2.75) is 58.7 Å². The van der Waals surface area contributed by atoms with Crippen molar-refractivity contribution in [2.75, 3.05) is 19.7 Å². The lowest BCUT2D eigenvalue weighted by Crippen LogP contribution is -2.35. The minimum atomic E-state index is -0.957. The Hall–Kier alpha value is -1.28. The van der Waals surface area contributed by atoms with E-state index in [0.717, 1.165) is 48.1 Å². The Labute approximate surface area is 151 Å². The van der Waals surface area contributed by atoms with Gasteiger partial charge in [-0.2, -0.15) is 0 Å². The Bertz CT molecular complexity index is 795. The highest BCUT2D eigenvalue weighted by Gasteiger charge is 2.23. The summed E-state index contributed by atoms with van der Waals surface area (Å²) in [5, 5.41) is 19.9. The van der Waals surface area contributed by atoms with Gasteiger partial charge in [0, 0.05) is 4.88 Å². The molecule has 0 aliphatic heterocycles. The molecule has 3 rings (SSSR count). The van der Waals surface area contributed by atoms with E-state index in [2.05, 4.69) is 18.7 Å². The van der Waals surface area contributed by atoms with Crippen LogP contribution in [0.25, 0.3) is 10.2 Å². The largest absolute Gasteiger partial charge is 0.394 e. The first kappa shape index (κ1) is 18.5. The zero-order chi connectivity index (χ0) is 18.0. The van der Waals surface area contributed by atoms with Gasteiger partial charge in [-0.3, -0.25) is 14.3 Å². The number of aryl methyl sites for hydroxylation is 2. The molecule has 0 saturated heterocycles. The minimum Gasteiger partial charge on any atom is -0.394 e. The molecule has 25 heavy (non-hydrogen) atoms. The van der Waals surface area contributed by atoms with Crippen molar-refractivity contribution in [1.82, 2.24) is 14.5 Å². The van der Waals surface area contributed by atoms with Crippen LogP contribution >= 0.6 is 11.3 Å². The number of rotatable bonds is 7. The first-order chi connectivity index (χ1) is 12.1. The molecule has 138 valence electrons. The van der Waals surface area contributed by atoms with E-state index in [0.29, 0.717) is 12.4 Å². The number of aliphatic hydroxyl groups excluding tert-OH is 2. The second kappa shape index (κ2) is 7.95. The third-order valence-corrected chi connectivity index (χ3v) is 6.20. The van der Waals surface area contributed by atoms with Gasteiger partial charge in [-0.05, 0) is 44.3 Å². The average Bonchev–Trinajstić information content (AvgIpc) is 3.00. The summed E-state index contributed by atoms with van der Waals surface area (Å²) in [4.78, 5) is 22.3. The second-order valence-corrected chi connectivity index (χ2v) is 7.72. The zero-order valence-corrected chi connectivity index (χ0v) is 15.8. The molecule has 0 fully saturated rings. The number of nitrogens with zero attached hydrogens (tertiary/aromatic N) is 3. The van der Waals surface area contributed by atoms with E-state index in [-0.39, 0.29) is 18.7 Å². The lowest BCUT2D eigenvalue weighted by Gasteiger charge is -2.21. The summed E-state index contributed by atoms with van der Waals surface area (Å²) in [5.41, 5.74) is 1.09. The predicted molar refractivity (Wildman–Crippen MR) is 100 cm³/mol. The summed E-state index contributed by atoms with van der Waals surface area (Å²) in [6.45, 7) is 6.19. The maximum absolute atomic E-state index is 13.2. The molecule has 1 aliphatic carbocycles. The van der Waals surface area contributed by atoms with Crippen LogP contribution in [-0.4, -0.2) is 50.5 Å². The van der Waals surface area contributed by atoms with Crippen molar-refractivity contribution in [2.24, 2.45) is 0 Å². The van der Waals surface area contributed by atoms with Gasteiger partial charge in [0.15, 0.2) is 0 Å². The Morgan fingerprint density at radius 3 is 2.68 bits per heavy atom. The van der Waals surface area contributed by atoms with Crippen LogP contribution in [0.3, 0.4) is 0 Å². The number of aromatic nitrogens is 2. The SMILES string of the molecule is CCN(CC)Cc1nc2sc3c(c2c(=O)n1CC(O)CO)CCCC3. The topological polar surface area (TPSA) is 78.6 Å². The van der Waals surface area contributed by atoms with Gasteiger partial charge in [-0.1, -0.05) is 13.8 Å². The Kier molecular flexibility index (Phi) is 5.89. The molecule has 0 saturated carbocycles. The molecular formula is C18H27N3O3S. The lowest BCUT2D eigenvalue weighted by atomic mass is 9.97. The highest BCUT2D eigenvalue weighted by atomic mass is 32.1. The van der Waals surface area contributed by atoms with E-state index in [1.807, 2.05) is 0 Å². The van der Waals surface area contributed by atoms with E-state index in [4.69, 9.17) is 4.98 Å². The predicted octanol–water partition coefficient (Wildman–Crippen LogP) is 1.53. The van der Waals surface area contributed by atoms with Crippen LogP contribution in [0.5, 0.6) is 0 Å². The van der Waals surface area contributed by atoms with Gasteiger partial charge in [0.1, 0.15) is 10.7 Å². The van der Waals surface area contributed by atoms with Gasteiger partial charge >= 0.3 is 0 Å². The van der Waals surface area contributed by atoms with Gasteiger partial charge in [-0.25, -0.2) is 4.98 Å². The van der Waals surface area contributed by atoms with Gasteiger partial charge in [0.25, 0.3) is 5.56 Å². The highest BCUT2D eigenvalue weighted by Crippen LogP contribution is 2.33.